The highest BCUT2D eigenvalue weighted by atomic mass is 15.3. The molecule has 0 unspecified atom stereocenters. The molecule has 10 aromatic rings. The number of para-hydroxylation sites is 8. The van der Waals surface area contributed by atoms with Crippen molar-refractivity contribution in [3.05, 3.63) is 181 Å². The molecule has 0 aliphatic carbocycles. The summed E-state index contributed by atoms with van der Waals surface area (Å²) in [5.74, 6) is 0. The fourth-order valence-corrected chi connectivity index (χ4v) is 8.53. The maximum atomic E-state index is 4.90. The van der Waals surface area contributed by atoms with Crippen molar-refractivity contribution >= 4 is 101 Å². The lowest BCUT2D eigenvalue weighted by atomic mass is 10.0. The van der Waals surface area contributed by atoms with Gasteiger partial charge in [-0.05, 0) is 111 Å². The average Bonchev–Trinajstić information content (AvgIpc) is 3.28. The number of hydrogen-bond donors (Lipinski definition) is 0. The molecule has 12 rings (SSSR count). The normalized spacial score (nSPS) is 12.9. The predicted octanol–water partition coefficient (Wildman–Crippen LogP) is 13.3. The van der Waals surface area contributed by atoms with E-state index in [9.17, 15) is 0 Å². The van der Waals surface area contributed by atoms with E-state index in [2.05, 4.69) is 169 Å². The maximum absolute atomic E-state index is 4.90. The maximum Gasteiger partial charge on any atom is 0.0917 e. The summed E-state index contributed by atoms with van der Waals surface area (Å²) >= 11 is 0. The molecule has 0 fully saturated rings. The summed E-state index contributed by atoms with van der Waals surface area (Å²) in [6.07, 6.45) is 0. The van der Waals surface area contributed by atoms with Crippen LogP contribution in [0.15, 0.2) is 170 Å². The summed E-state index contributed by atoms with van der Waals surface area (Å²) in [6, 6.07) is 59.1. The van der Waals surface area contributed by atoms with E-state index < -0.39 is 0 Å². The standard InChI is InChI=1S/2C26H20N4/c2*1-17-11-13-18(14-12-17)30-24-10-6-5-9-23(24)29(2)25-15-21-22(16-26(25)30)28-20-8-4-3-7-19(20)27-21/h2*3-16H,1-2H3. The van der Waals surface area contributed by atoms with Crippen molar-refractivity contribution in [3.8, 4) is 0 Å². The van der Waals surface area contributed by atoms with Crippen LogP contribution in [0, 0.1) is 13.8 Å². The van der Waals surface area contributed by atoms with Gasteiger partial charge in [0.2, 0.25) is 0 Å². The van der Waals surface area contributed by atoms with Gasteiger partial charge in [0, 0.05) is 25.5 Å². The number of anilines is 10. The topological polar surface area (TPSA) is 64.5 Å². The lowest BCUT2D eigenvalue weighted by molar-refractivity contribution is 1.13. The highest BCUT2D eigenvalue weighted by Crippen LogP contribution is 2.53. The van der Waals surface area contributed by atoms with Crippen LogP contribution in [-0.2, 0) is 0 Å². The van der Waals surface area contributed by atoms with Crippen molar-refractivity contribution in [2.75, 3.05) is 33.7 Å². The van der Waals surface area contributed by atoms with Crippen molar-refractivity contribution in [1.29, 1.82) is 0 Å². The van der Waals surface area contributed by atoms with Gasteiger partial charge in [-0.1, -0.05) is 83.9 Å². The molecule has 8 nitrogen and oxygen atoms in total. The van der Waals surface area contributed by atoms with E-state index in [1.165, 1.54) is 22.5 Å². The number of hydrogen-bond acceptors (Lipinski definition) is 8. The molecule has 0 bridgehead atoms. The molecule has 0 N–H and O–H groups in total. The Labute approximate surface area is 348 Å². The average molecular weight is 777 g/mol. The minimum Gasteiger partial charge on any atom is -0.341 e. The Morgan fingerprint density at radius 3 is 0.900 bits per heavy atom. The van der Waals surface area contributed by atoms with Crippen molar-refractivity contribution in [2.45, 2.75) is 13.8 Å². The number of aryl methyl sites for hydroxylation is 2. The molecule has 288 valence electrons. The van der Waals surface area contributed by atoms with Gasteiger partial charge in [0.25, 0.3) is 0 Å². The van der Waals surface area contributed by atoms with E-state index in [1.807, 2.05) is 48.5 Å². The molecule has 2 aromatic heterocycles. The van der Waals surface area contributed by atoms with E-state index in [0.29, 0.717) is 0 Å². The van der Waals surface area contributed by atoms with Crippen molar-refractivity contribution in [2.24, 2.45) is 0 Å². The van der Waals surface area contributed by atoms with Gasteiger partial charge in [-0.2, -0.15) is 0 Å². The third-order valence-corrected chi connectivity index (χ3v) is 11.6. The second kappa shape index (κ2) is 13.9. The number of rotatable bonds is 2. The molecule has 2 aliphatic heterocycles. The van der Waals surface area contributed by atoms with E-state index in [4.69, 9.17) is 19.9 Å². The number of fused-ring (bicyclic) bond motifs is 8. The lowest BCUT2D eigenvalue weighted by Gasteiger charge is -2.38. The third-order valence-electron chi connectivity index (χ3n) is 11.6. The first kappa shape index (κ1) is 35.3. The second-order valence-corrected chi connectivity index (χ2v) is 15.5. The van der Waals surface area contributed by atoms with Gasteiger partial charge >= 0.3 is 0 Å². The van der Waals surface area contributed by atoms with E-state index in [0.717, 1.165) is 89.6 Å². The Kier molecular flexibility index (Phi) is 8.20. The monoisotopic (exact) mass is 776 g/mol. The zero-order valence-electron chi connectivity index (χ0n) is 33.7. The highest BCUT2D eigenvalue weighted by Gasteiger charge is 2.30. The van der Waals surface area contributed by atoms with Gasteiger partial charge in [0.1, 0.15) is 0 Å². The molecule has 0 spiro atoms. The molecular formula is C52H40N8. The van der Waals surface area contributed by atoms with Crippen molar-refractivity contribution in [1.82, 2.24) is 19.9 Å². The summed E-state index contributed by atoms with van der Waals surface area (Å²) in [5.41, 5.74) is 21.1. The molecule has 0 saturated carbocycles. The van der Waals surface area contributed by atoms with Crippen LogP contribution < -0.4 is 19.6 Å². The Morgan fingerprint density at radius 2 is 0.567 bits per heavy atom. The third kappa shape index (κ3) is 5.83. The molecular weight excluding hydrogens is 737 g/mol. The molecule has 60 heavy (non-hydrogen) atoms. The van der Waals surface area contributed by atoms with Crippen molar-refractivity contribution in [3.63, 3.8) is 0 Å². The SMILES string of the molecule is Cc1ccc(N2c3ccccc3N(C)c3cc4nc5ccccc5nc4cc32)cc1.Cc1ccc(N2c3ccccc3N(C)c3cc4nc5ccccc5nc4cc32)cc1. The predicted molar refractivity (Wildman–Crippen MR) is 249 cm³/mol. The van der Waals surface area contributed by atoms with Crippen LogP contribution in [0.5, 0.6) is 0 Å². The Bertz CT molecular complexity index is 3070. The van der Waals surface area contributed by atoms with Crippen LogP contribution >= 0.6 is 0 Å². The summed E-state index contributed by atoms with van der Waals surface area (Å²) in [5, 5.41) is 0. The molecule has 8 heteroatoms. The van der Waals surface area contributed by atoms with Crippen LogP contribution in [0.25, 0.3) is 44.1 Å². The first-order valence-corrected chi connectivity index (χ1v) is 20.2. The quantitative estimate of drug-likeness (QED) is 0.161. The van der Waals surface area contributed by atoms with E-state index in [-0.39, 0.29) is 0 Å². The van der Waals surface area contributed by atoms with Crippen LogP contribution in [0.4, 0.5) is 56.9 Å². The molecule has 0 amide bonds. The first-order valence-electron chi connectivity index (χ1n) is 20.2. The number of benzene rings is 8. The first-order chi connectivity index (χ1) is 29.4. The molecule has 0 saturated heterocycles. The smallest absolute Gasteiger partial charge is 0.0917 e. The Balaban J connectivity index is 0.000000136. The van der Waals surface area contributed by atoms with Gasteiger partial charge in [-0.15, -0.1) is 0 Å². The van der Waals surface area contributed by atoms with E-state index in [1.54, 1.807) is 0 Å². The molecule has 4 heterocycles. The summed E-state index contributed by atoms with van der Waals surface area (Å²) in [4.78, 5) is 28.7. The summed E-state index contributed by atoms with van der Waals surface area (Å²) < 4.78 is 0. The molecule has 0 atom stereocenters. The van der Waals surface area contributed by atoms with Gasteiger partial charge in [-0.25, -0.2) is 19.9 Å². The minimum atomic E-state index is 0.900. The van der Waals surface area contributed by atoms with Gasteiger partial charge in [0.15, 0.2) is 0 Å². The molecule has 0 radical (unpaired) electrons. The second-order valence-electron chi connectivity index (χ2n) is 15.5. The van der Waals surface area contributed by atoms with Crippen LogP contribution in [0.3, 0.4) is 0 Å². The largest absolute Gasteiger partial charge is 0.341 e. The molecule has 8 aromatic carbocycles. The fourth-order valence-electron chi connectivity index (χ4n) is 8.53. The Hall–Kier alpha value is -7.84. The van der Waals surface area contributed by atoms with Gasteiger partial charge < -0.3 is 19.6 Å². The summed E-state index contributed by atoms with van der Waals surface area (Å²) in [7, 11) is 4.23. The number of aromatic nitrogens is 4. The minimum absolute atomic E-state index is 0.900. The van der Waals surface area contributed by atoms with Crippen LogP contribution in [0.1, 0.15) is 11.1 Å². The zero-order chi connectivity index (χ0) is 40.5. The fraction of sp³-hybridized carbons (Fsp3) is 0.0769. The van der Waals surface area contributed by atoms with Gasteiger partial charge in [-0.3, -0.25) is 0 Å². The van der Waals surface area contributed by atoms with Crippen LogP contribution in [0.2, 0.25) is 0 Å². The highest BCUT2D eigenvalue weighted by molar-refractivity contribution is 6.04. The number of nitrogens with zero attached hydrogens (tertiary/aromatic N) is 8. The molecule has 2 aliphatic rings. The zero-order valence-corrected chi connectivity index (χ0v) is 33.7. The Morgan fingerprint density at radius 1 is 0.283 bits per heavy atom. The van der Waals surface area contributed by atoms with Crippen LogP contribution in [-0.4, -0.2) is 34.0 Å². The lowest BCUT2D eigenvalue weighted by Crippen LogP contribution is -2.24. The van der Waals surface area contributed by atoms with E-state index >= 15 is 0 Å². The summed E-state index contributed by atoms with van der Waals surface area (Å²) in [6.45, 7) is 4.23. The van der Waals surface area contributed by atoms with Crippen molar-refractivity contribution < 1.29 is 0 Å². The van der Waals surface area contributed by atoms with Gasteiger partial charge in [0.05, 0.1) is 89.6 Å².